The Morgan fingerprint density at radius 3 is 2.75 bits per heavy atom. The SMILES string of the molecule is C=C[C@@H]1C[C@]1(CC(=O)[C@@H]1C[C@@H](Oc2nccc3cc(OC)ccc23)CN1)C(=O)NS(=O)(=O)C1CC1.Cl. The summed E-state index contributed by atoms with van der Waals surface area (Å²) in [5.74, 6) is 0.286. The Morgan fingerprint density at radius 2 is 2.08 bits per heavy atom. The molecule has 0 spiro atoms. The molecule has 3 fully saturated rings. The van der Waals surface area contributed by atoms with Gasteiger partial charge in [0.1, 0.15) is 11.9 Å². The number of nitrogens with zero attached hydrogens (tertiary/aromatic N) is 1. The molecule has 2 N–H and O–H groups in total. The lowest BCUT2D eigenvalue weighted by Crippen LogP contribution is -2.42. The number of allylic oxidation sites excluding steroid dienone is 1. The van der Waals surface area contributed by atoms with Crippen LogP contribution in [0, 0.1) is 11.3 Å². The summed E-state index contributed by atoms with van der Waals surface area (Å²) in [5, 5.41) is 4.48. The van der Waals surface area contributed by atoms with Gasteiger partial charge in [-0.1, -0.05) is 6.08 Å². The predicted molar refractivity (Wildman–Crippen MR) is 137 cm³/mol. The zero-order valence-corrected chi connectivity index (χ0v) is 21.6. The molecule has 1 amide bonds. The molecule has 0 radical (unpaired) electrons. The molecule has 2 aliphatic carbocycles. The quantitative estimate of drug-likeness (QED) is 0.445. The number of Topliss-reactive ketones (excluding diaryl/α,β-unsaturated/α-hetero) is 1. The van der Waals surface area contributed by atoms with Crippen molar-refractivity contribution >= 4 is 44.9 Å². The van der Waals surface area contributed by atoms with E-state index in [1.54, 1.807) is 19.4 Å². The van der Waals surface area contributed by atoms with Crippen molar-refractivity contribution in [1.29, 1.82) is 0 Å². The number of ketones is 1. The number of hydrogen-bond donors (Lipinski definition) is 2. The number of carbonyl (C=O) groups excluding carboxylic acids is 2. The Bertz CT molecular complexity index is 1300. The first kappa shape index (κ1) is 26.4. The van der Waals surface area contributed by atoms with E-state index in [1.807, 2.05) is 24.3 Å². The lowest BCUT2D eigenvalue weighted by molar-refractivity contribution is -0.130. The van der Waals surface area contributed by atoms with Crippen molar-refractivity contribution in [3.05, 3.63) is 43.1 Å². The summed E-state index contributed by atoms with van der Waals surface area (Å²) >= 11 is 0. The van der Waals surface area contributed by atoms with Crippen molar-refractivity contribution in [3.8, 4) is 11.6 Å². The predicted octanol–water partition coefficient (Wildman–Crippen LogP) is 2.53. The maximum absolute atomic E-state index is 13.1. The zero-order valence-electron chi connectivity index (χ0n) is 19.9. The number of fused-ring (bicyclic) bond motifs is 1. The van der Waals surface area contributed by atoms with Crippen LogP contribution >= 0.6 is 12.4 Å². The number of amides is 1. The monoisotopic (exact) mass is 535 g/mol. The number of aromatic nitrogens is 1. The molecular weight excluding hydrogens is 506 g/mol. The van der Waals surface area contributed by atoms with Crippen molar-refractivity contribution < 1.29 is 27.5 Å². The van der Waals surface area contributed by atoms with Crippen molar-refractivity contribution in [2.24, 2.45) is 11.3 Å². The molecule has 0 unspecified atom stereocenters. The van der Waals surface area contributed by atoms with Crippen LogP contribution in [-0.2, 0) is 19.6 Å². The van der Waals surface area contributed by atoms with Crippen LogP contribution in [0.2, 0.25) is 0 Å². The van der Waals surface area contributed by atoms with E-state index in [2.05, 4.69) is 21.6 Å². The van der Waals surface area contributed by atoms with Gasteiger partial charge >= 0.3 is 0 Å². The van der Waals surface area contributed by atoms with Crippen molar-refractivity contribution in [2.75, 3.05) is 13.7 Å². The largest absolute Gasteiger partial charge is 0.497 e. The van der Waals surface area contributed by atoms with Gasteiger partial charge in [-0.05, 0) is 54.8 Å². The highest BCUT2D eigenvalue weighted by atomic mass is 35.5. The fourth-order valence-corrected chi connectivity index (χ4v) is 6.24. The third kappa shape index (κ3) is 5.07. The summed E-state index contributed by atoms with van der Waals surface area (Å²) in [6.45, 7) is 4.22. The van der Waals surface area contributed by atoms with Gasteiger partial charge in [0.05, 0.1) is 23.8 Å². The Morgan fingerprint density at radius 1 is 1.31 bits per heavy atom. The van der Waals surface area contributed by atoms with Crippen molar-refractivity contribution in [3.63, 3.8) is 0 Å². The smallest absolute Gasteiger partial charge is 0.240 e. The molecule has 0 bridgehead atoms. The number of carbonyl (C=O) groups is 2. The van der Waals surface area contributed by atoms with E-state index in [1.165, 1.54) is 0 Å². The number of pyridine rings is 1. The van der Waals surface area contributed by atoms with Crippen LogP contribution in [0.3, 0.4) is 0 Å². The van der Waals surface area contributed by atoms with Crippen LogP contribution in [0.5, 0.6) is 11.6 Å². The molecule has 1 aromatic carbocycles. The van der Waals surface area contributed by atoms with Crippen molar-refractivity contribution in [1.82, 2.24) is 15.0 Å². The summed E-state index contributed by atoms with van der Waals surface area (Å²) in [7, 11) is -2.07. The lowest BCUT2D eigenvalue weighted by atomic mass is 9.92. The normalized spacial score (nSPS) is 27.1. The molecule has 194 valence electrons. The Balaban J connectivity index is 0.00000304. The molecule has 1 aliphatic heterocycles. The molecule has 3 aliphatic rings. The summed E-state index contributed by atoms with van der Waals surface area (Å²) in [5.41, 5.74) is -1.04. The third-order valence-corrected chi connectivity index (χ3v) is 9.07. The minimum Gasteiger partial charge on any atom is -0.497 e. The summed E-state index contributed by atoms with van der Waals surface area (Å²) in [6.07, 6.45) is 4.98. The van der Waals surface area contributed by atoms with E-state index in [4.69, 9.17) is 9.47 Å². The van der Waals surface area contributed by atoms with E-state index < -0.39 is 32.6 Å². The summed E-state index contributed by atoms with van der Waals surface area (Å²) < 4.78 is 38.2. The fraction of sp³-hybridized carbons (Fsp3) is 0.480. The second kappa shape index (κ2) is 9.99. The second-order valence-corrected chi connectivity index (χ2v) is 11.6. The Labute approximate surface area is 216 Å². The fourth-order valence-electron chi connectivity index (χ4n) is 4.86. The molecule has 5 rings (SSSR count). The molecule has 2 heterocycles. The Hall–Kier alpha value is -2.69. The summed E-state index contributed by atoms with van der Waals surface area (Å²) in [4.78, 5) is 30.4. The van der Waals surface area contributed by atoms with E-state index in [-0.39, 0.29) is 36.6 Å². The molecule has 2 saturated carbocycles. The summed E-state index contributed by atoms with van der Waals surface area (Å²) in [6, 6.07) is 7.04. The van der Waals surface area contributed by atoms with Gasteiger partial charge in [0.2, 0.25) is 21.8 Å². The van der Waals surface area contributed by atoms with E-state index in [9.17, 15) is 18.0 Å². The van der Waals surface area contributed by atoms with Gasteiger partial charge in [-0.25, -0.2) is 13.4 Å². The maximum atomic E-state index is 13.1. The minimum absolute atomic E-state index is 0. The Kier molecular flexibility index (Phi) is 7.32. The average molecular weight is 536 g/mol. The van der Waals surface area contributed by atoms with Crippen LogP contribution < -0.4 is 19.5 Å². The van der Waals surface area contributed by atoms with E-state index in [0.29, 0.717) is 38.1 Å². The molecule has 36 heavy (non-hydrogen) atoms. The molecule has 1 aromatic heterocycles. The molecule has 9 nitrogen and oxygen atoms in total. The van der Waals surface area contributed by atoms with Crippen LogP contribution in [0.25, 0.3) is 10.8 Å². The van der Waals surface area contributed by atoms with E-state index >= 15 is 0 Å². The number of ether oxygens (including phenoxy) is 2. The second-order valence-electron chi connectivity index (χ2n) is 9.66. The van der Waals surface area contributed by atoms with Gasteiger partial charge in [-0.15, -0.1) is 19.0 Å². The van der Waals surface area contributed by atoms with Gasteiger partial charge in [0.25, 0.3) is 0 Å². The number of methoxy groups -OCH3 is 1. The van der Waals surface area contributed by atoms with Crippen LogP contribution in [-0.4, -0.2) is 56.1 Å². The number of halogens is 1. The van der Waals surface area contributed by atoms with Gasteiger partial charge < -0.3 is 14.8 Å². The van der Waals surface area contributed by atoms with Crippen molar-refractivity contribution in [2.45, 2.75) is 49.5 Å². The number of nitrogens with one attached hydrogen (secondary N) is 2. The number of benzene rings is 1. The lowest BCUT2D eigenvalue weighted by Gasteiger charge is -2.18. The van der Waals surface area contributed by atoms with Crippen LogP contribution in [0.15, 0.2) is 43.1 Å². The highest BCUT2D eigenvalue weighted by Crippen LogP contribution is 2.56. The highest BCUT2D eigenvalue weighted by molar-refractivity contribution is 7.90. The average Bonchev–Trinajstić information content (AvgIpc) is 3.76. The standard InChI is InChI=1S/C25H29N3O6S.ClH/c1-3-16-12-25(16,24(30)28-35(31,32)19-5-6-19)13-22(29)21-11-18(14-27-21)34-23-20-7-4-17(33-2)10-15(20)8-9-26-23;/h3-4,7-10,16,18-19,21,27H,1,5-6,11-14H2,2H3,(H,28,30);1H/t16-,18-,21+,25-;/m1./s1. The van der Waals surface area contributed by atoms with Gasteiger partial charge in [0.15, 0.2) is 5.78 Å². The molecule has 11 heteroatoms. The first-order valence-electron chi connectivity index (χ1n) is 11.8. The molecule has 1 saturated heterocycles. The van der Waals surface area contributed by atoms with E-state index in [0.717, 1.165) is 16.5 Å². The first-order valence-corrected chi connectivity index (χ1v) is 13.3. The first-order chi connectivity index (χ1) is 16.8. The topological polar surface area (TPSA) is 124 Å². The van der Waals surface area contributed by atoms with Crippen LogP contribution in [0.4, 0.5) is 0 Å². The maximum Gasteiger partial charge on any atom is 0.240 e. The number of rotatable bonds is 10. The highest BCUT2D eigenvalue weighted by Gasteiger charge is 2.60. The number of sulfonamides is 1. The van der Waals surface area contributed by atoms with Gasteiger partial charge in [-0.3, -0.25) is 14.3 Å². The van der Waals surface area contributed by atoms with Gasteiger partial charge in [-0.2, -0.15) is 0 Å². The molecular formula is C25H30ClN3O6S. The number of hydrogen-bond acceptors (Lipinski definition) is 8. The molecule has 2 aromatic rings. The van der Waals surface area contributed by atoms with Gasteiger partial charge in [0, 0.05) is 31.0 Å². The molecule has 4 atom stereocenters. The zero-order chi connectivity index (χ0) is 24.8. The van der Waals surface area contributed by atoms with Crippen LogP contribution in [0.1, 0.15) is 32.1 Å². The minimum atomic E-state index is -3.68. The third-order valence-electron chi connectivity index (χ3n) is 7.25.